The SMILES string of the molecule is Cc1cc(Br)ccc1-c1nsc(NC(C)C)n1. The molecule has 1 aromatic carbocycles. The zero-order valence-electron chi connectivity index (χ0n) is 9.99. The average Bonchev–Trinajstić information content (AvgIpc) is 2.65. The van der Waals surface area contributed by atoms with Crippen molar-refractivity contribution >= 4 is 32.6 Å². The van der Waals surface area contributed by atoms with Crippen LogP contribution in [0, 0.1) is 6.92 Å². The van der Waals surface area contributed by atoms with Gasteiger partial charge in [0.1, 0.15) is 0 Å². The minimum atomic E-state index is 0.377. The minimum Gasteiger partial charge on any atom is -0.358 e. The van der Waals surface area contributed by atoms with E-state index in [1.54, 1.807) is 0 Å². The first-order chi connectivity index (χ1) is 8.06. The molecule has 1 N–H and O–H groups in total. The fourth-order valence-corrected chi connectivity index (χ4v) is 2.72. The molecule has 0 aliphatic heterocycles. The van der Waals surface area contributed by atoms with E-state index in [-0.39, 0.29) is 0 Å². The van der Waals surface area contributed by atoms with Crippen molar-refractivity contribution in [1.29, 1.82) is 0 Å². The summed E-state index contributed by atoms with van der Waals surface area (Å²) in [7, 11) is 0. The Morgan fingerprint density at radius 2 is 2.12 bits per heavy atom. The fraction of sp³-hybridized carbons (Fsp3) is 0.333. The van der Waals surface area contributed by atoms with Crippen molar-refractivity contribution in [3.05, 3.63) is 28.2 Å². The maximum atomic E-state index is 4.49. The van der Waals surface area contributed by atoms with Gasteiger partial charge in [0.05, 0.1) is 0 Å². The van der Waals surface area contributed by atoms with Crippen molar-refractivity contribution in [3.63, 3.8) is 0 Å². The molecule has 0 atom stereocenters. The molecule has 90 valence electrons. The molecule has 0 saturated carbocycles. The maximum absolute atomic E-state index is 4.49. The van der Waals surface area contributed by atoms with E-state index in [0.29, 0.717) is 6.04 Å². The number of hydrogen-bond acceptors (Lipinski definition) is 4. The molecule has 0 amide bonds. The number of halogens is 1. The topological polar surface area (TPSA) is 37.8 Å². The Hall–Kier alpha value is -0.940. The third-order valence-electron chi connectivity index (χ3n) is 2.27. The summed E-state index contributed by atoms with van der Waals surface area (Å²) in [6, 6.07) is 6.51. The van der Waals surface area contributed by atoms with Gasteiger partial charge in [-0.05, 0) is 44.5 Å². The summed E-state index contributed by atoms with van der Waals surface area (Å²) in [5, 5.41) is 4.13. The standard InChI is InChI=1S/C12H14BrN3S/c1-7(2)14-12-15-11(16-17-12)10-5-4-9(13)6-8(10)3/h4-7H,1-3H3,(H,14,15,16). The third-order valence-corrected chi connectivity index (χ3v) is 3.41. The first-order valence-corrected chi connectivity index (χ1v) is 6.99. The first-order valence-electron chi connectivity index (χ1n) is 5.43. The average molecular weight is 312 g/mol. The van der Waals surface area contributed by atoms with Gasteiger partial charge >= 0.3 is 0 Å². The van der Waals surface area contributed by atoms with Gasteiger partial charge in [0.15, 0.2) is 5.82 Å². The van der Waals surface area contributed by atoms with Crippen LogP contribution in [0.4, 0.5) is 5.13 Å². The molecular weight excluding hydrogens is 298 g/mol. The van der Waals surface area contributed by atoms with E-state index in [1.807, 2.05) is 12.1 Å². The number of rotatable bonds is 3. The Bertz CT molecular complexity index is 522. The van der Waals surface area contributed by atoms with Crippen LogP contribution in [-0.2, 0) is 0 Å². The van der Waals surface area contributed by atoms with Crippen LogP contribution < -0.4 is 5.32 Å². The van der Waals surface area contributed by atoms with Gasteiger partial charge in [-0.1, -0.05) is 15.9 Å². The van der Waals surface area contributed by atoms with E-state index in [2.05, 4.69) is 57.4 Å². The van der Waals surface area contributed by atoms with E-state index in [9.17, 15) is 0 Å². The highest BCUT2D eigenvalue weighted by Crippen LogP contribution is 2.26. The highest BCUT2D eigenvalue weighted by Gasteiger charge is 2.09. The Kier molecular flexibility index (Phi) is 3.79. The van der Waals surface area contributed by atoms with Crippen molar-refractivity contribution < 1.29 is 0 Å². The quantitative estimate of drug-likeness (QED) is 0.927. The smallest absolute Gasteiger partial charge is 0.203 e. The normalized spacial score (nSPS) is 10.9. The Balaban J connectivity index is 2.30. The van der Waals surface area contributed by atoms with Gasteiger partial charge in [0, 0.05) is 27.6 Å². The molecule has 0 bridgehead atoms. The van der Waals surface area contributed by atoms with Crippen molar-refractivity contribution in [2.45, 2.75) is 26.8 Å². The van der Waals surface area contributed by atoms with E-state index in [1.165, 1.54) is 17.1 Å². The molecule has 2 rings (SSSR count). The van der Waals surface area contributed by atoms with Crippen LogP contribution in [0.15, 0.2) is 22.7 Å². The highest BCUT2D eigenvalue weighted by atomic mass is 79.9. The molecule has 1 aromatic heterocycles. The van der Waals surface area contributed by atoms with Gasteiger partial charge in [-0.25, -0.2) is 0 Å². The lowest BCUT2D eigenvalue weighted by Crippen LogP contribution is -2.08. The van der Waals surface area contributed by atoms with Crippen LogP contribution >= 0.6 is 27.5 Å². The number of aromatic nitrogens is 2. The summed E-state index contributed by atoms with van der Waals surface area (Å²) in [5.41, 5.74) is 2.26. The summed E-state index contributed by atoms with van der Waals surface area (Å²) in [6.45, 7) is 6.24. The van der Waals surface area contributed by atoms with Gasteiger partial charge in [-0.3, -0.25) is 0 Å². The molecule has 0 aliphatic rings. The predicted molar refractivity (Wildman–Crippen MR) is 76.5 cm³/mol. The van der Waals surface area contributed by atoms with Crippen molar-refractivity contribution in [3.8, 4) is 11.4 Å². The summed E-state index contributed by atoms with van der Waals surface area (Å²) < 4.78 is 5.46. The third kappa shape index (κ3) is 3.04. The van der Waals surface area contributed by atoms with E-state index >= 15 is 0 Å². The number of aryl methyl sites for hydroxylation is 1. The van der Waals surface area contributed by atoms with Gasteiger partial charge in [-0.2, -0.15) is 9.36 Å². The lowest BCUT2D eigenvalue weighted by Gasteiger charge is -2.04. The van der Waals surface area contributed by atoms with Crippen LogP contribution in [0.5, 0.6) is 0 Å². The molecule has 17 heavy (non-hydrogen) atoms. The zero-order valence-corrected chi connectivity index (χ0v) is 12.4. The summed E-state index contributed by atoms with van der Waals surface area (Å²) in [4.78, 5) is 4.49. The molecule has 0 unspecified atom stereocenters. The number of benzene rings is 1. The molecule has 2 aromatic rings. The maximum Gasteiger partial charge on any atom is 0.203 e. The fourth-order valence-electron chi connectivity index (χ4n) is 1.52. The van der Waals surface area contributed by atoms with Crippen LogP contribution in [-0.4, -0.2) is 15.4 Å². The van der Waals surface area contributed by atoms with Crippen molar-refractivity contribution in [2.75, 3.05) is 5.32 Å². The van der Waals surface area contributed by atoms with Gasteiger partial charge in [0.25, 0.3) is 0 Å². The van der Waals surface area contributed by atoms with Crippen LogP contribution in [0.2, 0.25) is 0 Å². The number of hydrogen-bond donors (Lipinski definition) is 1. The van der Waals surface area contributed by atoms with Crippen LogP contribution in [0.25, 0.3) is 11.4 Å². The number of anilines is 1. The lowest BCUT2D eigenvalue weighted by molar-refractivity contribution is 0.896. The number of nitrogens with one attached hydrogen (secondary N) is 1. The van der Waals surface area contributed by atoms with Crippen LogP contribution in [0.3, 0.4) is 0 Å². The van der Waals surface area contributed by atoms with Gasteiger partial charge in [-0.15, -0.1) is 0 Å². The molecule has 0 fully saturated rings. The van der Waals surface area contributed by atoms with E-state index < -0.39 is 0 Å². The molecule has 0 aliphatic carbocycles. The molecule has 0 radical (unpaired) electrons. The summed E-state index contributed by atoms with van der Waals surface area (Å²) in [6.07, 6.45) is 0. The van der Waals surface area contributed by atoms with Gasteiger partial charge in [0.2, 0.25) is 5.13 Å². The summed E-state index contributed by atoms with van der Waals surface area (Å²) >= 11 is 4.86. The molecule has 1 heterocycles. The molecular formula is C12H14BrN3S. The molecule has 5 heteroatoms. The molecule has 3 nitrogen and oxygen atoms in total. The van der Waals surface area contributed by atoms with Crippen LogP contribution in [0.1, 0.15) is 19.4 Å². The van der Waals surface area contributed by atoms with Gasteiger partial charge < -0.3 is 5.32 Å². The lowest BCUT2D eigenvalue weighted by atomic mass is 10.1. The molecule has 0 saturated heterocycles. The Morgan fingerprint density at radius 3 is 2.76 bits per heavy atom. The largest absolute Gasteiger partial charge is 0.358 e. The second-order valence-electron chi connectivity index (χ2n) is 4.18. The second-order valence-corrected chi connectivity index (χ2v) is 5.85. The highest BCUT2D eigenvalue weighted by molar-refractivity contribution is 9.10. The Labute approximate surface area is 114 Å². The first kappa shape index (κ1) is 12.5. The minimum absolute atomic E-state index is 0.377. The van der Waals surface area contributed by atoms with Crippen molar-refractivity contribution in [1.82, 2.24) is 9.36 Å². The van der Waals surface area contributed by atoms with E-state index in [0.717, 1.165) is 21.0 Å². The molecule has 0 spiro atoms. The Morgan fingerprint density at radius 1 is 1.35 bits per heavy atom. The van der Waals surface area contributed by atoms with E-state index in [4.69, 9.17) is 0 Å². The van der Waals surface area contributed by atoms with Crippen molar-refractivity contribution in [2.24, 2.45) is 0 Å². The number of nitrogens with zero attached hydrogens (tertiary/aromatic N) is 2. The monoisotopic (exact) mass is 311 g/mol. The zero-order chi connectivity index (χ0) is 12.4. The predicted octanol–water partition coefficient (Wildman–Crippen LogP) is 4.10. The summed E-state index contributed by atoms with van der Waals surface area (Å²) in [5.74, 6) is 0.795. The second kappa shape index (κ2) is 5.14.